The molecule has 0 spiro atoms. The van der Waals surface area contributed by atoms with E-state index in [-0.39, 0.29) is 17.9 Å². The van der Waals surface area contributed by atoms with Crippen LogP contribution in [-0.2, 0) is 10.2 Å². The van der Waals surface area contributed by atoms with Crippen LogP contribution in [0, 0.1) is 0 Å². The molecular weight excluding hydrogens is 312 g/mol. The van der Waals surface area contributed by atoms with Gasteiger partial charge in [-0.2, -0.15) is 0 Å². The molecule has 6 nitrogen and oxygen atoms in total. The second-order valence-corrected chi connectivity index (χ2v) is 5.75. The number of carboxylic acids is 1. The predicted molar refractivity (Wildman–Crippen MR) is 81.6 cm³/mol. The molecule has 2 aromatic carbocycles. The number of carbonyl (C=O) groups excluding carboxylic acids is 2. The van der Waals surface area contributed by atoms with Crippen LogP contribution in [0.4, 0.5) is 0 Å². The van der Waals surface area contributed by atoms with E-state index >= 15 is 0 Å². The van der Waals surface area contributed by atoms with Crippen LogP contribution in [0.15, 0.2) is 42.5 Å². The standard InChI is InChI=1S/C18H12O6/c19-15(20)8-18(10-5-6-13-14(7-10)24-9-23-13)16(21)11-3-1-2-4-12(11)17(18)22/h1-7H,8-9H2,(H,19,20). The molecule has 0 saturated carbocycles. The molecule has 0 unspecified atom stereocenters. The van der Waals surface area contributed by atoms with Gasteiger partial charge in [-0.25, -0.2) is 0 Å². The first-order chi connectivity index (χ1) is 11.5. The molecule has 2 aromatic rings. The lowest BCUT2D eigenvalue weighted by molar-refractivity contribution is -0.137. The molecule has 0 aromatic heterocycles. The molecular formula is C18H12O6. The van der Waals surface area contributed by atoms with Gasteiger partial charge >= 0.3 is 5.97 Å². The molecule has 2 aliphatic rings. The normalized spacial score (nSPS) is 17.0. The average Bonchev–Trinajstić information content (AvgIpc) is 3.12. The molecule has 0 fully saturated rings. The number of carboxylic acid groups (broad SMARTS) is 1. The highest BCUT2D eigenvalue weighted by Gasteiger charge is 2.55. The maximum Gasteiger partial charge on any atom is 0.305 e. The van der Waals surface area contributed by atoms with Gasteiger partial charge < -0.3 is 14.6 Å². The number of hydrogen-bond donors (Lipinski definition) is 1. The Morgan fingerprint density at radius 3 is 2.25 bits per heavy atom. The van der Waals surface area contributed by atoms with Crippen molar-refractivity contribution in [3.63, 3.8) is 0 Å². The van der Waals surface area contributed by atoms with Crippen LogP contribution in [0.5, 0.6) is 11.5 Å². The Morgan fingerprint density at radius 2 is 1.62 bits per heavy atom. The molecule has 1 aliphatic heterocycles. The van der Waals surface area contributed by atoms with E-state index in [1.807, 2.05) is 0 Å². The molecule has 24 heavy (non-hydrogen) atoms. The number of ketones is 2. The summed E-state index contributed by atoms with van der Waals surface area (Å²) in [5, 5.41) is 9.35. The molecule has 120 valence electrons. The summed E-state index contributed by atoms with van der Waals surface area (Å²) in [4.78, 5) is 37.5. The summed E-state index contributed by atoms with van der Waals surface area (Å²) >= 11 is 0. The van der Waals surface area contributed by atoms with Crippen molar-refractivity contribution in [2.24, 2.45) is 0 Å². The average molecular weight is 324 g/mol. The number of rotatable bonds is 3. The minimum atomic E-state index is -1.77. The van der Waals surface area contributed by atoms with Gasteiger partial charge in [0.05, 0.1) is 6.42 Å². The van der Waals surface area contributed by atoms with Crippen LogP contribution < -0.4 is 9.47 Å². The van der Waals surface area contributed by atoms with Crippen molar-refractivity contribution in [2.45, 2.75) is 11.8 Å². The van der Waals surface area contributed by atoms with Gasteiger partial charge in [0.2, 0.25) is 6.79 Å². The zero-order valence-corrected chi connectivity index (χ0v) is 12.4. The van der Waals surface area contributed by atoms with Crippen molar-refractivity contribution >= 4 is 17.5 Å². The first-order valence-corrected chi connectivity index (χ1v) is 7.34. The Labute approximate surface area is 136 Å². The third kappa shape index (κ3) is 1.79. The van der Waals surface area contributed by atoms with Crippen LogP contribution in [0.1, 0.15) is 32.7 Å². The summed E-state index contributed by atoms with van der Waals surface area (Å²) in [5.41, 5.74) is -0.959. The van der Waals surface area contributed by atoms with E-state index in [1.54, 1.807) is 36.4 Å². The quantitative estimate of drug-likeness (QED) is 0.871. The van der Waals surface area contributed by atoms with E-state index in [0.717, 1.165) is 0 Å². The van der Waals surface area contributed by atoms with Crippen LogP contribution in [0.3, 0.4) is 0 Å². The van der Waals surface area contributed by atoms with E-state index in [1.165, 1.54) is 6.07 Å². The van der Waals surface area contributed by atoms with Gasteiger partial charge in [-0.3, -0.25) is 14.4 Å². The molecule has 0 amide bonds. The summed E-state index contributed by atoms with van der Waals surface area (Å²) in [6, 6.07) is 11.1. The van der Waals surface area contributed by atoms with E-state index < -0.39 is 29.4 Å². The van der Waals surface area contributed by atoms with Gasteiger partial charge in [0.1, 0.15) is 5.41 Å². The topological polar surface area (TPSA) is 89.9 Å². The summed E-state index contributed by atoms with van der Waals surface area (Å²) in [6.45, 7) is 0.0484. The van der Waals surface area contributed by atoms with Crippen LogP contribution >= 0.6 is 0 Å². The van der Waals surface area contributed by atoms with Crippen molar-refractivity contribution in [3.8, 4) is 11.5 Å². The Balaban J connectivity index is 1.94. The van der Waals surface area contributed by atoms with Gasteiger partial charge in [-0.1, -0.05) is 30.3 Å². The zero-order valence-electron chi connectivity index (χ0n) is 12.4. The van der Waals surface area contributed by atoms with Crippen molar-refractivity contribution in [2.75, 3.05) is 6.79 Å². The van der Waals surface area contributed by atoms with Gasteiger partial charge in [0.15, 0.2) is 23.1 Å². The molecule has 0 saturated heterocycles. The Morgan fingerprint density at radius 1 is 1.00 bits per heavy atom. The number of hydrogen-bond acceptors (Lipinski definition) is 5. The fourth-order valence-corrected chi connectivity index (χ4v) is 3.36. The third-order valence-corrected chi connectivity index (χ3v) is 4.47. The number of fused-ring (bicyclic) bond motifs is 2. The fraction of sp³-hybridized carbons (Fsp3) is 0.167. The first-order valence-electron chi connectivity index (χ1n) is 7.34. The number of ether oxygens (including phenoxy) is 2. The van der Waals surface area contributed by atoms with Crippen molar-refractivity contribution in [3.05, 3.63) is 59.2 Å². The SMILES string of the molecule is O=C(O)CC1(c2ccc3c(c2)OCO3)C(=O)c2ccccc2C1=O. The highest BCUT2D eigenvalue weighted by atomic mass is 16.7. The summed E-state index contributed by atoms with van der Waals surface area (Å²) in [6.07, 6.45) is -0.612. The first kappa shape index (κ1) is 14.4. The molecule has 6 heteroatoms. The van der Waals surface area contributed by atoms with E-state index in [9.17, 15) is 19.5 Å². The minimum Gasteiger partial charge on any atom is -0.481 e. The summed E-state index contributed by atoms with van der Waals surface area (Å²) in [5.74, 6) is -1.32. The summed E-state index contributed by atoms with van der Waals surface area (Å²) < 4.78 is 10.5. The van der Waals surface area contributed by atoms with Crippen LogP contribution in [-0.4, -0.2) is 29.4 Å². The van der Waals surface area contributed by atoms with Gasteiger partial charge in [0.25, 0.3) is 0 Å². The van der Waals surface area contributed by atoms with Crippen molar-refractivity contribution in [1.82, 2.24) is 0 Å². The number of carbonyl (C=O) groups is 3. The minimum absolute atomic E-state index is 0.0484. The second-order valence-electron chi connectivity index (χ2n) is 5.75. The summed E-state index contributed by atoms with van der Waals surface area (Å²) in [7, 11) is 0. The molecule has 0 radical (unpaired) electrons. The lowest BCUT2D eigenvalue weighted by Gasteiger charge is -2.24. The molecule has 4 rings (SSSR count). The molecule has 1 heterocycles. The monoisotopic (exact) mass is 324 g/mol. The molecule has 0 bridgehead atoms. The Kier molecular flexibility index (Phi) is 2.96. The lowest BCUT2D eigenvalue weighted by atomic mass is 9.73. The number of aliphatic carboxylic acids is 1. The van der Waals surface area contributed by atoms with Crippen LogP contribution in [0.25, 0.3) is 0 Å². The maximum absolute atomic E-state index is 13.0. The van der Waals surface area contributed by atoms with Gasteiger partial charge in [0, 0.05) is 11.1 Å². The largest absolute Gasteiger partial charge is 0.481 e. The maximum atomic E-state index is 13.0. The fourth-order valence-electron chi connectivity index (χ4n) is 3.36. The zero-order chi connectivity index (χ0) is 16.9. The Hall–Kier alpha value is -3.15. The van der Waals surface area contributed by atoms with Crippen molar-refractivity contribution in [1.29, 1.82) is 0 Å². The van der Waals surface area contributed by atoms with Crippen LogP contribution in [0.2, 0.25) is 0 Å². The molecule has 1 aliphatic carbocycles. The van der Waals surface area contributed by atoms with Gasteiger partial charge in [-0.15, -0.1) is 0 Å². The second kappa shape index (κ2) is 4.92. The smallest absolute Gasteiger partial charge is 0.305 e. The van der Waals surface area contributed by atoms with E-state index in [4.69, 9.17) is 9.47 Å². The predicted octanol–water partition coefficient (Wildman–Crippen LogP) is 2.21. The highest BCUT2D eigenvalue weighted by Crippen LogP contribution is 2.45. The van der Waals surface area contributed by atoms with Gasteiger partial charge in [-0.05, 0) is 17.7 Å². The number of benzene rings is 2. The molecule has 0 atom stereocenters. The molecule has 1 N–H and O–H groups in total. The third-order valence-electron chi connectivity index (χ3n) is 4.47. The lowest BCUT2D eigenvalue weighted by Crippen LogP contribution is -2.40. The Bertz CT molecular complexity index is 863. The van der Waals surface area contributed by atoms with E-state index in [2.05, 4.69) is 0 Å². The highest BCUT2D eigenvalue weighted by molar-refractivity contribution is 6.34. The van der Waals surface area contributed by atoms with E-state index in [0.29, 0.717) is 17.1 Å². The number of Topliss-reactive ketones (excluding diaryl/α,β-unsaturated/α-hetero) is 2. The van der Waals surface area contributed by atoms with Crippen molar-refractivity contribution < 1.29 is 29.0 Å².